The fourth-order valence-corrected chi connectivity index (χ4v) is 3.49. The standard InChI is InChI=1S/C23H36O5/c1-7-18(19-11-9-8-10-12-19)16-23(6,21(26)27-14-13-24)15-17(2)20(25)28-22(3,4)5/h8-12,17-18,24H,7,13-16H2,1-6H3. The summed E-state index contributed by atoms with van der Waals surface area (Å²) in [7, 11) is 0. The summed E-state index contributed by atoms with van der Waals surface area (Å²) in [6.45, 7) is 10.9. The van der Waals surface area contributed by atoms with E-state index in [1.807, 2.05) is 45.9 Å². The summed E-state index contributed by atoms with van der Waals surface area (Å²) in [6, 6.07) is 10.1. The topological polar surface area (TPSA) is 72.8 Å². The first-order valence-corrected chi connectivity index (χ1v) is 10.1. The van der Waals surface area contributed by atoms with Crippen molar-refractivity contribution in [2.75, 3.05) is 13.2 Å². The van der Waals surface area contributed by atoms with Crippen LogP contribution in [0.5, 0.6) is 0 Å². The molecule has 1 aromatic rings. The molecule has 0 spiro atoms. The molecule has 1 rings (SSSR count). The number of hydrogen-bond donors (Lipinski definition) is 1. The van der Waals surface area contributed by atoms with Crippen molar-refractivity contribution < 1.29 is 24.2 Å². The minimum atomic E-state index is -0.859. The molecular weight excluding hydrogens is 356 g/mol. The molecule has 0 aliphatic heterocycles. The molecule has 0 saturated heterocycles. The minimum absolute atomic E-state index is 0.0443. The lowest BCUT2D eigenvalue weighted by molar-refractivity contribution is -0.164. The molecule has 0 aliphatic rings. The van der Waals surface area contributed by atoms with Crippen molar-refractivity contribution >= 4 is 11.9 Å². The second-order valence-corrected chi connectivity index (χ2v) is 8.78. The van der Waals surface area contributed by atoms with E-state index in [4.69, 9.17) is 14.6 Å². The Balaban J connectivity index is 3.04. The number of aliphatic hydroxyl groups excluding tert-OH is 1. The number of esters is 2. The molecule has 0 heterocycles. The molecule has 28 heavy (non-hydrogen) atoms. The molecule has 0 amide bonds. The van der Waals surface area contributed by atoms with Crippen molar-refractivity contribution in [3.8, 4) is 0 Å². The maximum atomic E-state index is 12.9. The van der Waals surface area contributed by atoms with E-state index in [9.17, 15) is 9.59 Å². The highest BCUT2D eigenvalue weighted by molar-refractivity contribution is 5.79. The first kappa shape index (κ1) is 24.2. The largest absolute Gasteiger partial charge is 0.463 e. The average Bonchev–Trinajstić information content (AvgIpc) is 2.63. The lowest BCUT2D eigenvalue weighted by atomic mass is 9.72. The van der Waals surface area contributed by atoms with Gasteiger partial charge < -0.3 is 14.6 Å². The normalized spacial score (nSPS) is 16.0. The SMILES string of the molecule is CCC(CC(C)(CC(C)C(=O)OC(C)(C)C)C(=O)OCCO)c1ccccc1. The molecule has 0 saturated carbocycles. The van der Waals surface area contributed by atoms with Gasteiger partial charge in [0, 0.05) is 0 Å². The minimum Gasteiger partial charge on any atom is -0.463 e. The van der Waals surface area contributed by atoms with E-state index in [1.165, 1.54) is 0 Å². The third-order valence-corrected chi connectivity index (χ3v) is 4.84. The third-order valence-electron chi connectivity index (χ3n) is 4.84. The molecule has 0 fully saturated rings. The Hall–Kier alpha value is -1.88. The van der Waals surface area contributed by atoms with Gasteiger partial charge in [-0.15, -0.1) is 0 Å². The van der Waals surface area contributed by atoms with Crippen LogP contribution in [-0.2, 0) is 19.1 Å². The Bertz CT molecular complexity index is 620. The van der Waals surface area contributed by atoms with Crippen LogP contribution in [0.1, 0.15) is 72.3 Å². The van der Waals surface area contributed by atoms with Gasteiger partial charge in [0.25, 0.3) is 0 Å². The Kier molecular flexibility index (Phi) is 9.15. The highest BCUT2D eigenvalue weighted by Gasteiger charge is 2.40. The number of benzene rings is 1. The summed E-state index contributed by atoms with van der Waals surface area (Å²) in [6.07, 6.45) is 1.76. The van der Waals surface area contributed by atoms with Crippen LogP contribution >= 0.6 is 0 Å². The first-order chi connectivity index (χ1) is 13.0. The number of ether oxygens (including phenoxy) is 2. The monoisotopic (exact) mass is 392 g/mol. The van der Waals surface area contributed by atoms with Crippen molar-refractivity contribution in [2.45, 2.75) is 72.3 Å². The summed E-state index contributed by atoms with van der Waals surface area (Å²) < 4.78 is 10.8. The zero-order valence-corrected chi connectivity index (χ0v) is 18.2. The number of carbonyl (C=O) groups excluding carboxylic acids is 2. The molecule has 3 atom stereocenters. The summed E-state index contributed by atoms with van der Waals surface area (Å²) in [5.41, 5.74) is -0.270. The van der Waals surface area contributed by atoms with Gasteiger partial charge in [-0.1, -0.05) is 44.2 Å². The zero-order chi connectivity index (χ0) is 21.4. The van der Waals surface area contributed by atoms with Crippen LogP contribution in [0.15, 0.2) is 30.3 Å². The molecule has 1 N–H and O–H groups in total. The van der Waals surface area contributed by atoms with Crippen LogP contribution in [0.25, 0.3) is 0 Å². The molecule has 1 aromatic carbocycles. The van der Waals surface area contributed by atoms with E-state index < -0.39 is 16.9 Å². The highest BCUT2D eigenvalue weighted by Crippen LogP contribution is 2.40. The van der Waals surface area contributed by atoms with Gasteiger partial charge in [0.15, 0.2) is 0 Å². The first-order valence-electron chi connectivity index (χ1n) is 10.1. The Morgan fingerprint density at radius 2 is 1.68 bits per heavy atom. The lowest BCUT2D eigenvalue weighted by Crippen LogP contribution is -2.37. The van der Waals surface area contributed by atoms with Crippen LogP contribution in [0, 0.1) is 11.3 Å². The molecule has 0 radical (unpaired) electrons. The predicted octanol–water partition coefficient (Wildman–Crippen LogP) is 4.48. The van der Waals surface area contributed by atoms with Crippen LogP contribution in [0.3, 0.4) is 0 Å². The van der Waals surface area contributed by atoms with Gasteiger partial charge in [0.1, 0.15) is 12.2 Å². The number of carbonyl (C=O) groups is 2. The van der Waals surface area contributed by atoms with E-state index in [0.29, 0.717) is 12.8 Å². The van der Waals surface area contributed by atoms with Gasteiger partial charge in [-0.2, -0.15) is 0 Å². The Morgan fingerprint density at radius 1 is 1.07 bits per heavy atom. The molecule has 158 valence electrons. The fraction of sp³-hybridized carbons (Fsp3) is 0.652. The summed E-state index contributed by atoms with van der Waals surface area (Å²) in [5, 5.41) is 9.03. The van der Waals surface area contributed by atoms with Crippen LogP contribution in [0.2, 0.25) is 0 Å². The van der Waals surface area contributed by atoms with Gasteiger partial charge in [0.05, 0.1) is 17.9 Å². The quantitative estimate of drug-likeness (QED) is 0.594. The number of rotatable bonds is 10. The van der Waals surface area contributed by atoms with Gasteiger partial charge in [0.2, 0.25) is 0 Å². The second kappa shape index (κ2) is 10.6. The molecule has 3 unspecified atom stereocenters. The maximum absolute atomic E-state index is 12.9. The summed E-state index contributed by atoms with van der Waals surface area (Å²) >= 11 is 0. The predicted molar refractivity (Wildman–Crippen MR) is 110 cm³/mol. The van der Waals surface area contributed by atoms with Gasteiger partial charge in [-0.3, -0.25) is 9.59 Å². The second-order valence-electron chi connectivity index (χ2n) is 8.78. The maximum Gasteiger partial charge on any atom is 0.311 e. The Labute approximate surface area is 169 Å². The van der Waals surface area contributed by atoms with E-state index in [1.54, 1.807) is 6.92 Å². The van der Waals surface area contributed by atoms with E-state index in [-0.39, 0.29) is 31.1 Å². The van der Waals surface area contributed by atoms with Crippen molar-refractivity contribution in [3.05, 3.63) is 35.9 Å². The van der Waals surface area contributed by atoms with Crippen LogP contribution in [-0.4, -0.2) is 35.9 Å². The molecular formula is C23H36O5. The van der Waals surface area contributed by atoms with E-state index in [0.717, 1.165) is 12.0 Å². The molecule has 5 nitrogen and oxygen atoms in total. The Morgan fingerprint density at radius 3 is 2.18 bits per heavy atom. The smallest absolute Gasteiger partial charge is 0.311 e. The summed E-state index contributed by atoms with van der Waals surface area (Å²) in [4.78, 5) is 25.3. The van der Waals surface area contributed by atoms with Crippen LogP contribution in [0.4, 0.5) is 0 Å². The third kappa shape index (κ3) is 7.63. The summed E-state index contributed by atoms with van der Waals surface area (Å²) in [5.74, 6) is -0.981. The highest BCUT2D eigenvalue weighted by atomic mass is 16.6. The van der Waals surface area contributed by atoms with Crippen LogP contribution < -0.4 is 0 Å². The molecule has 0 aliphatic carbocycles. The van der Waals surface area contributed by atoms with Crippen molar-refractivity contribution in [2.24, 2.45) is 11.3 Å². The molecule has 0 aromatic heterocycles. The molecule has 5 heteroatoms. The fourth-order valence-electron chi connectivity index (χ4n) is 3.49. The van der Waals surface area contributed by atoms with Gasteiger partial charge in [-0.05, 0) is 58.4 Å². The lowest BCUT2D eigenvalue weighted by Gasteiger charge is -2.33. The van der Waals surface area contributed by atoms with Crippen molar-refractivity contribution in [1.82, 2.24) is 0 Å². The van der Waals surface area contributed by atoms with Crippen molar-refractivity contribution in [3.63, 3.8) is 0 Å². The van der Waals surface area contributed by atoms with E-state index >= 15 is 0 Å². The average molecular weight is 393 g/mol. The van der Waals surface area contributed by atoms with Gasteiger partial charge >= 0.3 is 11.9 Å². The zero-order valence-electron chi connectivity index (χ0n) is 18.2. The van der Waals surface area contributed by atoms with E-state index in [2.05, 4.69) is 19.1 Å². The number of aliphatic hydroxyl groups is 1. The number of hydrogen-bond acceptors (Lipinski definition) is 5. The molecule has 0 bridgehead atoms. The van der Waals surface area contributed by atoms with Gasteiger partial charge in [-0.25, -0.2) is 0 Å². The van der Waals surface area contributed by atoms with Crippen molar-refractivity contribution in [1.29, 1.82) is 0 Å².